The lowest BCUT2D eigenvalue weighted by Crippen LogP contribution is -2.49. The first-order chi connectivity index (χ1) is 10.7. The van der Waals surface area contributed by atoms with Gasteiger partial charge in [0.1, 0.15) is 0 Å². The van der Waals surface area contributed by atoms with E-state index in [1.54, 1.807) is 0 Å². The van der Waals surface area contributed by atoms with E-state index in [4.69, 9.17) is 9.47 Å². The SMILES string of the molecule is CC(C)(C)COCCCOCCN1CCN(CC(C)(C)C)CC1. The summed E-state index contributed by atoms with van der Waals surface area (Å²) >= 11 is 0. The van der Waals surface area contributed by atoms with E-state index in [9.17, 15) is 0 Å². The molecule has 0 unspecified atom stereocenters. The van der Waals surface area contributed by atoms with E-state index in [0.29, 0.717) is 5.41 Å². The summed E-state index contributed by atoms with van der Waals surface area (Å²) in [5, 5.41) is 0. The van der Waals surface area contributed by atoms with Crippen LogP contribution in [0.15, 0.2) is 0 Å². The number of nitrogens with zero attached hydrogens (tertiary/aromatic N) is 2. The maximum atomic E-state index is 5.74. The zero-order valence-corrected chi connectivity index (χ0v) is 16.5. The molecule has 0 aromatic rings. The fourth-order valence-corrected chi connectivity index (χ4v) is 2.78. The Labute approximate surface area is 144 Å². The Hall–Kier alpha value is -0.160. The van der Waals surface area contributed by atoms with Crippen LogP contribution in [0.4, 0.5) is 0 Å². The fraction of sp³-hybridized carbons (Fsp3) is 1.00. The molecule has 1 heterocycles. The van der Waals surface area contributed by atoms with Crippen LogP contribution in [0.3, 0.4) is 0 Å². The van der Waals surface area contributed by atoms with Gasteiger partial charge in [-0.15, -0.1) is 0 Å². The Morgan fingerprint density at radius 3 is 1.83 bits per heavy atom. The summed E-state index contributed by atoms with van der Waals surface area (Å²) in [6, 6.07) is 0. The highest BCUT2D eigenvalue weighted by molar-refractivity contribution is 4.76. The highest BCUT2D eigenvalue weighted by atomic mass is 16.5. The van der Waals surface area contributed by atoms with Gasteiger partial charge in [-0.1, -0.05) is 41.5 Å². The third-order valence-corrected chi connectivity index (χ3v) is 3.83. The van der Waals surface area contributed by atoms with Gasteiger partial charge in [-0.2, -0.15) is 0 Å². The lowest BCUT2D eigenvalue weighted by molar-refractivity contribution is 0.0373. The number of piperazine rings is 1. The second-order valence-electron chi connectivity index (χ2n) is 9.26. The number of rotatable bonds is 9. The largest absolute Gasteiger partial charge is 0.381 e. The molecule has 1 fully saturated rings. The topological polar surface area (TPSA) is 24.9 Å². The lowest BCUT2D eigenvalue weighted by Gasteiger charge is -2.37. The molecule has 0 bridgehead atoms. The quantitative estimate of drug-likeness (QED) is 0.607. The van der Waals surface area contributed by atoms with Gasteiger partial charge in [0.05, 0.1) is 13.2 Å². The zero-order valence-electron chi connectivity index (χ0n) is 16.5. The van der Waals surface area contributed by atoms with Crippen molar-refractivity contribution >= 4 is 0 Å². The standard InChI is InChI=1S/C19H40N2O2/c1-18(2,3)16-21-10-8-20(9-11-21)12-15-22-13-7-14-23-17-19(4,5)6/h7-17H2,1-6H3. The van der Waals surface area contributed by atoms with Crippen molar-refractivity contribution in [1.29, 1.82) is 0 Å². The Kier molecular flexibility index (Phi) is 9.06. The van der Waals surface area contributed by atoms with Crippen molar-refractivity contribution < 1.29 is 9.47 Å². The van der Waals surface area contributed by atoms with Crippen molar-refractivity contribution in [3.8, 4) is 0 Å². The molecular weight excluding hydrogens is 288 g/mol. The van der Waals surface area contributed by atoms with Gasteiger partial charge in [0.15, 0.2) is 0 Å². The van der Waals surface area contributed by atoms with E-state index in [2.05, 4.69) is 51.3 Å². The van der Waals surface area contributed by atoms with Crippen LogP contribution in [-0.4, -0.2) is 75.5 Å². The van der Waals surface area contributed by atoms with Crippen LogP contribution in [0.2, 0.25) is 0 Å². The second-order valence-corrected chi connectivity index (χ2v) is 9.26. The molecule has 138 valence electrons. The third kappa shape index (κ3) is 11.9. The molecule has 0 amide bonds. The van der Waals surface area contributed by atoms with Crippen molar-refractivity contribution in [2.45, 2.75) is 48.0 Å². The van der Waals surface area contributed by atoms with Crippen molar-refractivity contribution in [2.24, 2.45) is 10.8 Å². The highest BCUT2D eigenvalue weighted by Gasteiger charge is 2.21. The van der Waals surface area contributed by atoms with E-state index in [1.165, 1.54) is 32.7 Å². The second kappa shape index (κ2) is 9.97. The van der Waals surface area contributed by atoms with Crippen LogP contribution < -0.4 is 0 Å². The van der Waals surface area contributed by atoms with Crippen LogP contribution in [-0.2, 0) is 9.47 Å². The Balaban J connectivity index is 1.94. The Morgan fingerprint density at radius 1 is 0.696 bits per heavy atom. The molecule has 0 radical (unpaired) electrons. The van der Waals surface area contributed by atoms with Crippen molar-refractivity contribution in [3.63, 3.8) is 0 Å². The molecular formula is C19H40N2O2. The Morgan fingerprint density at radius 2 is 1.26 bits per heavy atom. The molecule has 4 nitrogen and oxygen atoms in total. The molecule has 23 heavy (non-hydrogen) atoms. The summed E-state index contributed by atoms with van der Waals surface area (Å²) in [5.41, 5.74) is 0.663. The van der Waals surface area contributed by atoms with Crippen molar-refractivity contribution in [1.82, 2.24) is 9.80 Å². The molecule has 0 N–H and O–H groups in total. The first kappa shape index (κ1) is 20.9. The van der Waals surface area contributed by atoms with Gasteiger partial charge in [-0.25, -0.2) is 0 Å². The minimum absolute atomic E-state index is 0.260. The first-order valence-electron chi connectivity index (χ1n) is 9.26. The molecule has 0 atom stereocenters. The summed E-state index contributed by atoms with van der Waals surface area (Å²) < 4.78 is 11.4. The molecule has 0 spiro atoms. The molecule has 0 saturated carbocycles. The number of ether oxygens (including phenoxy) is 2. The molecule has 1 rings (SSSR count). The van der Waals surface area contributed by atoms with Gasteiger partial charge < -0.3 is 14.4 Å². The molecule has 1 aliphatic rings. The summed E-state index contributed by atoms with van der Waals surface area (Å²) in [7, 11) is 0. The van der Waals surface area contributed by atoms with Crippen LogP contribution in [0, 0.1) is 10.8 Å². The summed E-state index contributed by atoms with van der Waals surface area (Å²) in [5.74, 6) is 0. The fourth-order valence-electron chi connectivity index (χ4n) is 2.78. The Bertz CT molecular complexity index is 299. The summed E-state index contributed by atoms with van der Waals surface area (Å²) in [6.07, 6.45) is 0.995. The average molecular weight is 329 g/mol. The zero-order chi connectivity index (χ0) is 17.3. The summed E-state index contributed by atoms with van der Waals surface area (Å²) in [6.45, 7) is 23.8. The first-order valence-corrected chi connectivity index (χ1v) is 9.26. The highest BCUT2D eigenvalue weighted by Crippen LogP contribution is 2.16. The normalized spacial score (nSPS) is 18.5. The van der Waals surface area contributed by atoms with Crippen LogP contribution in [0.1, 0.15) is 48.0 Å². The lowest BCUT2D eigenvalue weighted by atomic mass is 9.96. The minimum Gasteiger partial charge on any atom is -0.381 e. The van der Waals surface area contributed by atoms with E-state index >= 15 is 0 Å². The van der Waals surface area contributed by atoms with Crippen molar-refractivity contribution in [2.75, 3.05) is 65.7 Å². The molecule has 0 aromatic carbocycles. The van der Waals surface area contributed by atoms with E-state index in [1.807, 2.05) is 0 Å². The average Bonchev–Trinajstić information content (AvgIpc) is 2.40. The predicted octanol–water partition coefficient (Wildman–Crippen LogP) is 3.12. The molecule has 4 heteroatoms. The van der Waals surface area contributed by atoms with Crippen LogP contribution in [0.25, 0.3) is 0 Å². The molecule has 1 aliphatic heterocycles. The maximum absolute atomic E-state index is 5.74. The third-order valence-electron chi connectivity index (χ3n) is 3.83. The smallest absolute Gasteiger partial charge is 0.0593 e. The van der Waals surface area contributed by atoms with Gasteiger partial charge >= 0.3 is 0 Å². The van der Waals surface area contributed by atoms with Gasteiger partial charge in [0.25, 0.3) is 0 Å². The van der Waals surface area contributed by atoms with E-state index in [0.717, 1.165) is 39.4 Å². The molecule has 0 aliphatic carbocycles. The monoisotopic (exact) mass is 328 g/mol. The van der Waals surface area contributed by atoms with Crippen LogP contribution in [0.5, 0.6) is 0 Å². The van der Waals surface area contributed by atoms with E-state index in [-0.39, 0.29) is 5.41 Å². The van der Waals surface area contributed by atoms with Crippen LogP contribution >= 0.6 is 0 Å². The van der Waals surface area contributed by atoms with Gasteiger partial charge in [-0.3, -0.25) is 4.90 Å². The van der Waals surface area contributed by atoms with Gasteiger partial charge in [0, 0.05) is 52.5 Å². The number of hydrogen-bond acceptors (Lipinski definition) is 4. The minimum atomic E-state index is 0.260. The summed E-state index contributed by atoms with van der Waals surface area (Å²) in [4.78, 5) is 5.11. The predicted molar refractivity (Wildman–Crippen MR) is 98.0 cm³/mol. The number of hydrogen-bond donors (Lipinski definition) is 0. The molecule has 1 saturated heterocycles. The maximum Gasteiger partial charge on any atom is 0.0593 e. The van der Waals surface area contributed by atoms with Gasteiger partial charge in [0.2, 0.25) is 0 Å². The van der Waals surface area contributed by atoms with Crippen molar-refractivity contribution in [3.05, 3.63) is 0 Å². The molecule has 0 aromatic heterocycles. The van der Waals surface area contributed by atoms with E-state index < -0.39 is 0 Å². The van der Waals surface area contributed by atoms with Gasteiger partial charge in [-0.05, 0) is 17.3 Å².